The highest BCUT2D eigenvalue weighted by Crippen LogP contribution is 2.39. The molecule has 2 rings (SSSR count). The van der Waals surface area contributed by atoms with Crippen LogP contribution in [0.3, 0.4) is 0 Å². The molecule has 2 saturated heterocycles. The van der Waals surface area contributed by atoms with E-state index in [-0.39, 0.29) is 5.60 Å². The van der Waals surface area contributed by atoms with Crippen molar-refractivity contribution in [3.05, 3.63) is 0 Å². The Balaban J connectivity index is 1.87. The van der Waals surface area contributed by atoms with Crippen LogP contribution in [0.4, 0.5) is 0 Å². The van der Waals surface area contributed by atoms with Gasteiger partial charge in [0, 0.05) is 25.2 Å². The molecule has 2 heterocycles. The van der Waals surface area contributed by atoms with Gasteiger partial charge in [0.15, 0.2) is 0 Å². The van der Waals surface area contributed by atoms with Crippen LogP contribution >= 0.6 is 15.9 Å². The fourth-order valence-corrected chi connectivity index (χ4v) is 3.32. The fourth-order valence-electron chi connectivity index (χ4n) is 3.05. The van der Waals surface area contributed by atoms with Gasteiger partial charge >= 0.3 is 0 Å². The van der Waals surface area contributed by atoms with E-state index in [0.29, 0.717) is 0 Å². The van der Waals surface area contributed by atoms with Crippen LogP contribution in [0.15, 0.2) is 0 Å². The Morgan fingerprint density at radius 3 is 2.75 bits per heavy atom. The Morgan fingerprint density at radius 2 is 2.06 bits per heavy atom. The van der Waals surface area contributed by atoms with Crippen molar-refractivity contribution in [2.45, 2.75) is 44.6 Å². The SMILES string of the molecule is CC(CBr)CC1CCOC2(CCOCC2)C1. The first-order chi connectivity index (χ1) is 7.74. The van der Waals surface area contributed by atoms with Crippen LogP contribution < -0.4 is 0 Å². The van der Waals surface area contributed by atoms with Crippen molar-refractivity contribution < 1.29 is 9.47 Å². The summed E-state index contributed by atoms with van der Waals surface area (Å²) < 4.78 is 11.5. The van der Waals surface area contributed by atoms with Gasteiger partial charge in [-0.3, -0.25) is 0 Å². The van der Waals surface area contributed by atoms with Gasteiger partial charge in [0.05, 0.1) is 5.60 Å². The lowest BCUT2D eigenvalue weighted by Crippen LogP contribution is -2.44. The van der Waals surface area contributed by atoms with E-state index in [1.165, 1.54) is 19.3 Å². The highest BCUT2D eigenvalue weighted by molar-refractivity contribution is 9.09. The Labute approximate surface area is 107 Å². The molecule has 0 aromatic heterocycles. The molecule has 0 bridgehead atoms. The van der Waals surface area contributed by atoms with Crippen LogP contribution in [0.1, 0.15) is 39.0 Å². The third-order valence-corrected chi connectivity index (χ3v) is 5.10. The van der Waals surface area contributed by atoms with Crippen molar-refractivity contribution in [2.75, 3.05) is 25.2 Å². The lowest BCUT2D eigenvalue weighted by atomic mass is 9.78. The molecule has 0 saturated carbocycles. The maximum absolute atomic E-state index is 6.06. The first kappa shape index (κ1) is 12.8. The number of hydrogen-bond acceptors (Lipinski definition) is 2. The summed E-state index contributed by atoms with van der Waals surface area (Å²) in [5, 5.41) is 1.13. The number of ether oxygens (including phenoxy) is 2. The van der Waals surface area contributed by atoms with Crippen molar-refractivity contribution in [3.63, 3.8) is 0 Å². The molecule has 16 heavy (non-hydrogen) atoms. The molecule has 2 aliphatic heterocycles. The van der Waals surface area contributed by atoms with Crippen molar-refractivity contribution in [2.24, 2.45) is 11.8 Å². The average molecular weight is 291 g/mol. The normalized spacial score (nSPS) is 31.5. The third-order valence-electron chi connectivity index (χ3n) is 4.00. The summed E-state index contributed by atoms with van der Waals surface area (Å²) in [5.41, 5.74) is 0.174. The van der Waals surface area contributed by atoms with Gasteiger partial charge in [-0.05, 0) is 43.9 Å². The quantitative estimate of drug-likeness (QED) is 0.742. The molecule has 2 atom stereocenters. The van der Waals surface area contributed by atoms with Crippen molar-refractivity contribution >= 4 is 15.9 Å². The van der Waals surface area contributed by atoms with Crippen molar-refractivity contribution in [3.8, 4) is 0 Å². The van der Waals surface area contributed by atoms with Crippen LogP contribution in [0.5, 0.6) is 0 Å². The van der Waals surface area contributed by atoms with Crippen LogP contribution in [0.2, 0.25) is 0 Å². The molecule has 1 spiro atoms. The summed E-state index contributed by atoms with van der Waals surface area (Å²) in [5.74, 6) is 1.65. The molecule has 2 aliphatic rings. The van der Waals surface area contributed by atoms with E-state index in [1.807, 2.05) is 0 Å². The van der Waals surface area contributed by atoms with Crippen LogP contribution in [-0.4, -0.2) is 30.8 Å². The number of alkyl halides is 1. The zero-order valence-electron chi connectivity index (χ0n) is 10.2. The highest BCUT2D eigenvalue weighted by Gasteiger charge is 2.38. The third kappa shape index (κ3) is 3.21. The fraction of sp³-hybridized carbons (Fsp3) is 1.00. The second-order valence-corrected chi connectivity index (χ2v) is 6.15. The molecule has 0 amide bonds. The molecule has 2 nitrogen and oxygen atoms in total. The summed E-state index contributed by atoms with van der Waals surface area (Å²) in [4.78, 5) is 0. The Kier molecular flexibility index (Phi) is 4.68. The highest BCUT2D eigenvalue weighted by atomic mass is 79.9. The molecule has 2 fully saturated rings. The zero-order chi connectivity index (χ0) is 11.4. The molecule has 3 heteroatoms. The Hall–Kier alpha value is 0.400. The van der Waals surface area contributed by atoms with E-state index < -0.39 is 0 Å². The number of hydrogen-bond donors (Lipinski definition) is 0. The minimum absolute atomic E-state index is 0.174. The van der Waals surface area contributed by atoms with Crippen LogP contribution in [-0.2, 0) is 9.47 Å². The maximum atomic E-state index is 6.06. The van der Waals surface area contributed by atoms with E-state index in [0.717, 1.165) is 49.8 Å². The number of halogens is 1. The maximum Gasteiger partial charge on any atom is 0.0729 e. The van der Waals surface area contributed by atoms with Gasteiger partial charge in [0.25, 0.3) is 0 Å². The van der Waals surface area contributed by atoms with E-state index in [4.69, 9.17) is 9.47 Å². The Morgan fingerprint density at radius 1 is 1.31 bits per heavy atom. The van der Waals surface area contributed by atoms with Crippen LogP contribution in [0.25, 0.3) is 0 Å². The van der Waals surface area contributed by atoms with E-state index in [9.17, 15) is 0 Å². The van der Waals surface area contributed by atoms with Crippen molar-refractivity contribution in [1.82, 2.24) is 0 Å². The summed E-state index contributed by atoms with van der Waals surface area (Å²) in [6.45, 7) is 5.07. The minimum atomic E-state index is 0.174. The predicted molar refractivity (Wildman–Crippen MR) is 69.0 cm³/mol. The van der Waals surface area contributed by atoms with E-state index in [1.54, 1.807) is 0 Å². The topological polar surface area (TPSA) is 18.5 Å². The van der Waals surface area contributed by atoms with Crippen molar-refractivity contribution in [1.29, 1.82) is 0 Å². The first-order valence-corrected chi connectivity index (χ1v) is 7.64. The summed E-state index contributed by atoms with van der Waals surface area (Å²) in [6, 6.07) is 0. The predicted octanol–water partition coefficient (Wildman–Crippen LogP) is 3.38. The van der Waals surface area contributed by atoms with Gasteiger partial charge < -0.3 is 9.47 Å². The molecule has 0 radical (unpaired) electrons. The van der Waals surface area contributed by atoms with Gasteiger partial charge in [-0.15, -0.1) is 0 Å². The lowest BCUT2D eigenvalue weighted by molar-refractivity contribution is -0.148. The monoisotopic (exact) mass is 290 g/mol. The summed E-state index contributed by atoms with van der Waals surface area (Å²) >= 11 is 3.58. The Bertz CT molecular complexity index is 208. The van der Waals surface area contributed by atoms with Gasteiger partial charge in [-0.1, -0.05) is 22.9 Å². The average Bonchev–Trinajstić information content (AvgIpc) is 2.30. The molecular weight excluding hydrogens is 268 g/mol. The minimum Gasteiger partial charge on any atom is -0.381 e. The molecule has 0 aromatic carbocycles. The molecular formula is C13H23BrO2. The van der Waals surface area contributed by atoms with Gasteiger partial charge in [0.1, 0.15) is 0 Å². The van der Waals surface area contributed by atoms with E-state index in [2.05, 4.69) is 22.9 Å². The van der Waals surface area contributed by atoms with Gasteiger partial charge in [-0.25, -0.2) is 0 Å². The molecule has 0 aliphatic carbocycles. The summed E-state index contributed by atoms with van der Waals surface area (Å²) in [6.07, 6.45) is 6.06. The zero-order valence-corrected chi connectivity index (χ0v) is 11.8. The molecule has 94 valence electrons. The number of rotatable bonds is 3. The van der Waals surface area contributed by atoms with Gasteiger partial charge in [0.2, 0.25) is 0 Å². The molecule has 0 aromatic rings. The molecule has 0 N–H and O–H groups in total. The van der Waals surface area contributed by atoms with E-state index >= 15 is 0 Å². The standard InChI is InChI=1S/C13H23BrO2/c1-11(10-14)8-12-2-5-16-13(9-12)3-6-15-7-4-13/h11-12H,2-10H2,1H3. The second-order valence-electron chi connectivity index (χ2n) is 5.50. The second kappa shape index (κ2) is 5.83. The van der Waals surface area contributed by atoms with Crippen LogP contribution in [0, 0.1) is 11.8 Å². The first-order valence-electron chi connectivity index (χ1n) is 6.52. The molecule has 2 unspecified atom stereocenters. The van der Waals surface area contributed by atoms with Gasteiger partial charge in [-0.2, -0.15) is 0 Å². The lowest BCUT2D eigenvalue weighted by Gasteiger charge is -2.43. The smallest absolute Gasteiger partial charge is 0.0729 e. The largest absolute Gasteiger partial charge is 0.381 e. The summed E-state index contributed by atoms with van der Waals surface area (Å²) in [7, 11) is 0.